The van der Waals surface area contributed by atoms with Gasteiger partial charge in [-0.15, -0.1) is 0 Å². The van der Waals surface area contributed by atoms with Crippen LogP contribution in [0.1, 0.15) is 38.2 Å². The first kappa shape index (κ1) is 11.5. The van der Waals surface area contributed by atoms with E-state index < -0.39 is 0 Å². The molecule has 0 aromatic heterocycles. The van der Waals surface area contributed by atoms with Crippen LogP contribution >= 0.6 is 0 Å². The van der Waals surface area contributed by atoms with E-state index >= 15 is 0 Å². The summed E-state index contributed by atoms with van der Waals surface area (Å²) in [5.41, 5.74) is 1.46. The molecule has 88 valence electrons. The van der Waals surface area contributed by atoms with Gasteiger partial charge in [-0.05, 0) is 42.4 Å². The van der Waals surface area contributed by atoms with Crippen LogP contribution < -0.4 is 4.74 Å². The van der Waals surface area contributed by atoms with Crippen molar-refractivity contribution in [3.63, 3.8) is 0 Å². The highest BCUT2D eigenvalue weighted by Gasteiger charge is 2.18. The van der Waals surface area contributed by atoms with Crippen LogP contribution in [0.4, 0.5) is 0 Å². The number of methoxy groups -OCH3 is 1. The highest BCUT2D eigenvalue weighted by Crippen LogP contribution is 2.31. The van der Waals surface area contributed by atoms with E-state index in [1.54, 1.807) is 7.11 Å². The van der Waals surface area contributed by atoms with Gasteiger partial charge in [-0.1, -0.05) is 38.3 Å². The van der Waals surface area contributed by atoms with Crippen molar-refractivity contribution in [3.05, 3.63) is 29.8 Å². The molecule has 1 nitrogen and oxygen atoms in total. The molecule has 0 saturated heterocycles. The molecule has 1 aromatic carbocycles. The summed E-state index contributed by atoms with van der Waals surface area (Å²) in [6.07, 6.45) is 6.91. The first-order chi connectivity index (χ1) is 7.78. The summed E-state index contributed by atoms with van der Waals surface area (Å²) in [5.74, 6) is 2.79. The molecule has 16 heavy (non-hydrogen) atoms. The van der Waals surface area contributed by atoms with Crippen molar-refractivity contribution in [2.75, 3.05) is 7.11 Å². The van der Waals surface area contributed by atoms with Crippen LogP contribution in [0.25, 0.3) is 0 Å². The zero-order valence-electron chi connectivity index (χ0n) is 10.4. The molecule has 0 heterocycles. The number of hydrogen-bond acceptors (Lipinski definition) is 1. The third kappa shape index (κ3) is 3.01. The maximum Gasteiger partial charge on any atom is 0.118 e. The minimum atomic E-state index is 0.900. The summed E-state index contributed by atoms with van der Waals surface area (Å²) in [6.45, 7) is 2.39. The van der Waals surface area contributed by atoms with E-state index in [9.17, 15) is 0 Å². The minimum Gasteiger partial charge on any atom is -0.497 e. The molecule has 0 spiro atoms. The maximum atomic E-state index is 5.18. The second-order valence-corrected chi connectivity index (χ2v) is 5.19. The Morgan fingerprint density at radius 1 is 1.19 bits per heavy atom. The van der Waals surface area contributed by atoms with Crippen molar-refractivity contribution in [2.24, 2.45) is 11.8 Å². The monoisotopic (exact) mass is 218 g/mol. The van der Waals surface area contributed by atoms with Crippen LogP contribution in [-0.2, 0) is 6.42 Å². The van der Waals surface area contributed by atoms with Gasteiger partial charge in [0.2, 0.25) is 0 Å². The van der Waals surface area contributed by atoms with Crippen molar-refractivity contribution in [3.8, 4) is 5.75 Å². The van der Waals surface area contributed by atoms with Gasteiger partial charge < -0.3 is 4.74 Å². The zero-order valence-corrected chi connectivity index (χ0v) is 10.4. The van der Waals surface area contributed by atoms with Crippen molar-refractivity contribution in [1.82, 2.24) is 0 Å². The Kier molecular flexibility index (Phi) is 3.87. The molecule has 2 rings (SSSR count). The van der Waals surface area contributed by atoms with Gasteiger partial charge in [0.05, 0.1) is 7.11 Å². The summed E-state index contributed by atoms with van der Waals surface area (Å²) in [7, 11) is 1.72. The average molecular weight is 218 g/mol. The lowest BCUT2D eigenvalue weighted by Gasteiger charge is -2.26. The van der Waals surface area contributed by atoms with Crippen LogP contribution in [0, 0.1) is 11.8 Å². The van der Waals surface area contributed by atoms with Crippen molar-refractivity contribution < 1.29 is 4.74 Å². The Morgan fingerprint density at radius 3 is 2.56 bits per heavy atom. The van der Waals surface area contributed by atoms with Crippen LogP contribution in [-0.4, -0.2) is 7.11 Å². The molecule has 0 N–H and O–H groups in total. The summed E-state index contributed by atoms with van der Waals surface area (Å²) >= 11 is 0. The fourth-order valence-electron chi connectivity index (χ4n) is 2.84. The van der Waals surface area contributed by atoms with Gasteiger partial charge in [-0.2, -0.15) is 0 Å². The highest BCUT2D eigenvalue weighted by atomic mass is 16.5. The normalized spacial score (nSPS) is 25.4. The van der Waals surface area contributed by atoms with E-state index in [1.807, 2.05) is 0 Å². The molecular formula is C15H22O. The van der Waals surface area contributed by atoms with Crippen LogP contribution in [0.15, 0.2) is 24.3 Å². The fraction of sp³-hybridized carbons (Fsp3) is 0.600. The van der Waals surface area contributed by atoms with Crippen LogP contribution in [0.5, 0.6) is 5.75 Å². The molecule has 0 radical (unpaired) electrons. The molecule has 1 aliphatic carbocycles. The van der Waals surface area contributed by atoms with Gasteiger partial charge in [-0.25, -0.2) is 0 Å². The molecule has 0 bridgehead atoms. The molecule has 1 heteroatoms. The summed E-state index contributed by atoms with van der Waals surface area (Å²) in [6, 6.07) is 8.55. The molecule has 1 aliphatic rings. The minimum absolute atomic E-state index is 0.900. The first-order valence-corrected chi connectivity index (χ1v) is 6.41. The molecule has 0 aliphatic heterocycles. The standard InChI is InChI=1S/C15H22O/c1-12-4-3-5-14(10-12)11-13-6-8-15(16-2)9-7-13/h6-9,12,14H,3-5,10-11H2,1-2H3/t12-,14?/m1/s1. The first-order valence-electron chi connectivity index (χ1n) is 6.41. The van der Waals surface area contributed by atoms with Gasteiger partial charge in [0, 0.05) is 0 Å². The predicted molar refractivity (Wildman–Crippen MR) is 67.8 cm³/mol. The van der Waals surface area contributed by atoms with Crippen LogP contribution in [0.3, 0.4) is 0 Å². The van der Waals surface area contributed by atoms with Gasteiger partial charge in [0.15, 0.2) is 0 Å². The van der Waals surface area contributed by atoms with Gasteiger partial charge in [0.1, 0.15) is 5.75 Å². The van der Waals surface area contributed by atoms with E-state index in [1.165, 1.54) is 37.7 Å². The van der Waals surface area contributed by atoms with E-state index in [0.717, 1.165) is 17.6 Å². The number of benzene rings is 1. The van der Waals surface area contributed by atoms with Crippen LogP contribution in [0.2, 0.25) is 0 Å². The number of ether oxygens (including phenoxy) is 1. The highest BCUT2D eigenvalue weighted by molar-refractivity contribution is 5.27. The molecule has 1 unspecified atom stereocenters. The Labute approximate surface area is 98.8 Å². The van der Waals surface area contributed by atoms with Crippen molar-refractivity contribution >= 4 is 0 Å². The molecule has 2 atom stereocenters. The SMILES string of the molecule is COc1ccc(CC2CCC[C@@H](C)C2)cc1. The van der Waals surface area contributed by atoms with E-state index in [-0.39, 0.29) is 0 Å². The third-order valence-corrected chi connectivity index (χ3v) is 3.73. The molecule has 1 fully saturated rings. The molecule has 1 aromatic rings. The fourth-order valence-corrected chi connectivity index (χ4v) is 2.84. The van der Waals surface area contributed by atoms with Gasteiger partial charge in [0.25, 0.3) is 0 Å². The lowest BCUT2D eigenvalue weighted by Crippen LogP contribution is -2.15. The lowest BCUT2D eigenvalue weighted by atomic mass is 9.79. The largest absolute Gasteiger partial charge is 0.497 e. The summed E-state index contributed by atoms with van der Waals surface area (Å²) in [4.78, 5) is 0. The second kappa shape index (κ2) is 5.38. The molecule has 1 saturated carbocycles. The van der Waals surface area contributed by atoms with E-state index in [2.05, 4.69) is 31.2 Å². The van der Waals surface area contributed by atoms with Gasteiger partial charge in [-0.3, -0.25) is 0 Å². The Balaban J connectivity index is 1.92. The number of rotatable bonds is 3. The summed E-state index contributed by atoms with van der Waals surface area (Å²) < 4.78 is 5.18. The van der Waals surface area contributed by atoms with Crippen molar-refractivity contribution in [1.29, 1.82) is 0 Å². The number of hydrogen-bond donors (Lipinski definition) is 0. The predicted octanol–water partition coefficient (Wildman–Crippen LogP) is 4.06. The summed E-state index contributed by atoms with van der Waals surface area (Å²) in [5, 5.41) is 0. The third-order valence-electron chi connectivity index (χ3n) is 3.73. The zero-order chi connectivity index (χ0) is 11.4. The Morgan fingerprint density at radius 2 is 1.94 bits per heavy atom. The average Bonchev–Trinajstić information content (AvgIpc) is 2.30. The Hall–Kier alpha value is -0.980. The Bertz CT molecular complexity index is 315. The second-order valence-electron chi connectivity index (χ2n) is 5.19. The lowest BCUT2D eigenvalue weighted by molar-refractivity contribution is 0.281. The topological polar surface area (TPSA) is 9.23 Å². The van der Waals surface area contributed by atoms with Crippen molar-refractivity contribution in [2.45, 2.75) is 39.0 Å². The molecular weight excluding hydrogens is 196 g/mol. The maximum absolute atomic E-state index is 5.18. The van der Waals surface area contributed by atoms with E-state index in [0.29, 0.717) is 0 Å². The quantitative estimate of drug-likeness (QED) is 0.743. The molecule has 0 amide bonds. The van der Waals surface area contributed by atoms with Gasteiger partial charge >= 0.3 is 0 Å². The smallest absolute Gasteiger partial charge is 0.118 e. The van der Waals surface area contributed by atoms with E-state index in [4.69, 9.17) is 4.74 Å².